The van der Waals surface area contributed by atoms with Crippen LogP contribution < -0.4 is 5.32 Å². The van der Waals surface area contributed by atoms with E-state index in [4.69, 9.17) is 4.74 Å². The topological polar surface area (TPSA) is 21.3 Å². The second kappa shape index (κ2) is 4.43. The van der Waals surface area contributed by atoms with E-state index in [-0.39, 0.29) is 0 Å². The van der Waals surface area contributed by atoms with Gasteiger partial charge in [-0.05, 0) is 18.1 Å². The van der Waals surface area contributed by atoms with Crippen LogP contribution >= 0.6 is 15.9 Å². The summed E-state index contributed by atoms with van der Waals surface area (Å²) >= 11 is 3.57. The molecule has 1 heterocycles. The van der Waals surface area contributed by atoms with Gasteiger partial charge in [0.05, 0.1) is 6.10 Å². The summed E-state index contributed by atoms with van der Waals surface area (Å²) in [6, 6.07) is 8.77. The molecule has 76 valence electrons. The monoisotopic (exact) mass is 255 g/mol. The van der Waals surface area contributed by atoms with Crippen LogP contribution in [-0.2, 0) is 4.74 Å². The van der Waals surface area contributed by atoms with Crippen molar-refractivity contribution in [2.24, 2.45) is 0 Å². The molecule has 0 spiro atoms. The van der Waals surface area contributed by atoms with Crippen molar-refractivity contribution in [3.63, 3.8) is 0 Å². The standard InChI is InChI=1S/C11H14BrNO/c1-14-8-6-11(13-7-8)9-4-2-3-5-10(9)12/h2-5,8,11,13H,6-7H2,1H3. The molecule has 0 amide bonds. The van der Waals surface area contributed by atoms with Crippen LogP contribution in [0.2, 0.25) is 0 Å². The number of benzene rings is 1. The summed E-state index contributed by atoms with van der Waals surface area (Å²) in [4.78, 5) is 0. The van der Waals surface area contributed by atoms with E-state index >= 15 is 0 Å². The Morgan fingerprint density at radius 2 is 2.21 bits per heavy atom. The third kappa shape index (κ3) is 2.00. The Morgan fingerprint density at radius 1 is 1.43 bits per heavy atom. The maximum atomic E-state index is 5.32. The van der Waals surface area contributed by atoms with E-state index in [2.05, 4.69) is 39.4 Å². The molecule has 1 aromatic carbocycles. The Balaban J connectivity index is 2.13. The second-order valence-corrected chi connectivity index (χ2v) is 4.43. The van der Waals surface area contributed by atoms with Crippen LogP contribution in [0.15, 0.2) is 28.7 Å². The zero-order chi connectivity index (χ0) is 9.97. The zero-order valence-electron chi connectivity index (χ0n) is 8.16. The lowest BCUT2D eigenvalue weighted by atomic mass is 10.1. The summed E-state index contributed by atoms with van der Waals surface area (Å²) in [6.45, 7) is 0.947. The predicted octanol–water partition coefficient (Wildman–Crippen LogP) is 2.50. The average molecular weight is 256 g/mol. The Kier molecular flexibility index (Phi) is 3.21. The fourth-order valence-corrected chi connectivity index (χ4v) is 2.44. The van der Waals surface area contributed by atoms with Gasteiger partial charge in [-0.3, -0.25) is 0 Å². The van der Waals surface area contributed by atoms with Gasteiger partial charge in [-0.1, -0.05) is 34.1 Å². The molecule has 0 saturated carbocycles. The fourth-order valence-electron chi connectivity index (χ4n) is 1.88. The number of hydrogen-bond donors (Lipinski definition) is 1. The van der Waals surface area contributed by atoms with Crippen LogP contribution in [0.4, 0.5) is 0 Å². The molecule has 2 rings (SSSR count). The Bertz CT molecular complexity index is 316. The quantitative estimate of drug-likeness (QED) is 0.877. The van der Waals surface area contributed by atoms with Gasteiger partial charge in [-0.2, -0.15) is 0 Å². The SMILES string of the molecule is COC1CNC(c2ccccc2Br)C1. The van der Waals surface area contributed by atoms with Crippen molar-refractivity contribution in [1.82, 2.24) is 5.32 Å². The molecule has 1 N–H and O–H groups in total. The molecule has 0 radical (unpaired) electrons. The van der Waals surface area contributed by atoms with Gasteiger partial charge >= 0.3 is 0 Å². The molecule has 1 fully saturated rings. The largest absolute Gasteiger partial charge is 0.380 e. The van der Waals surface area contributed by atoms with E-state index in [0.29, 0.717) is 12.1 Å². The van der Waals surface area contributed by atoms with Crippen LogP contribution in [0, 0.1) is 0 Å². The van der Waals surface area contributed by atoms with E-state index in [1.165, 1.54) is 10.0 Å². The van der Waals surface area contributed by atoms with E-state index in [1.54, 1.807) is 7.11 Å². The van der Waals surface area contributed by atoms with Crippen LogP contribution in [-0.4, -0.2) is 19.8 Å². The molecule has 1 saturated heterocycles. The summed E-state index contributed by atoms with van der Waals surface area (Å²) in [5.74, 6) is 0. The van der Waals surface area contributed by atoms with Crippen LogP contribution in [0.25, 0.3) is 0 Å². The maximum absolute atomic E-state index is 5.32. The highest BCUT2D eigenvalue weighted by Gasteiger charge is 2.25. The van der Waals surface area contributed by atoms with E-state index in [1.807, 2.05) is 6.07 Å². The van der Waals surface area contributed by atoms with Crippen molar-refractivity contribution in [3.05, 3.63) is 34.3 Å². The second-order valence-electron chi connectivity index (χ2n) is 3.58. The maximum Gasteiger partial charge on any atom is 0.0714 e. The van der Waals surface area contributed by atoms with Gasteiger partial charge in [0, 0.05) is 24.2 Å². The normalized spacial score (nSPS) is 26.7. The van der Waals surface area contributed by atoms with E-state index in [9.17, 15) is 0 Å². The average Bonchev–Trinajstić information content (AvgIpc) is 2.67. The number of halogens is 1. The number of ether oxygens (including phenoxy) is 1. The molecule has 2 nitrogen and oxygen atoms in total. The lowest BCUT2D eigenvalue weighted by Gasteiger charge is -2.12. The Labute approximate surface area is 92.8 Å². The van der Waals surface area contributed by atoms with Crippen molar-refractivity contribution in [2.45, 2.75) is 18.6 Å². The highest BCUT2D eigenvalue weighted by atomic mass is 79.9. The highest BCUT2D eigenvalue weighted by Crippen LogP contribution is 2.29. The lowest BCUT2D eigenvalue weighted by molar-refractivity contribution is 0.117. The highest BCUT2D eigenvalue weighted by molar-refractivity contribution is 9.10. The minimum Gasteiger partial charge on any atom is -0.380 e. The number of rotatable bonds is 2. The molecule has 0 bridgehead atoms. The van der Waals surface area contributed by atoms with Gasteiger partial charge in [-0.25, -0.2) is 0 Å². The summed E-state index contributed by atoms with van der Waals surface area (Å²) in [5, 5.41) is 3.46. The third-order valence-corrected chi connectivity index (χ3v) is 3.43. The van der Waals surface area contributed by atoms with Gasteiger partial charge in [0.2, 0.25) is 0 Å². The molecular weight excluding hydrogens is 242 g/mol. The van der Waals surface area contributed by atoms with Crippen molar-refractivity contribution in [2.75, 3.05) is 13.7 Å². The number of nitrogens with one attached hydrogen (secondary N) is 1. The minimum atomic E-state index is 0.354. The van der Waals surface area contributed by atoms with Gasteiger partial charge < -0.3 is 10.1 Å². The van der Waals surface area contributed by atoms with Crippen LogP contribution in [0.5, 0.6) is 0 Å². The molecule has 3 heteroatoms. The first-order chi connectivity index (χ1) is 6.81. The number of hydrogen-bond acceptors (Lipinski definition) is 2. The Morgan fingerprint density at radius 3 is 2.86 bits per heavy atom. The summed E-state index contributed by atoms with van der Waals surface area (Å²) in [6.07, 6.45) is 1.41. The lowest BCUT2D eigenvalue weighted by Crippen LogP contribution is -2.16. The summed E-state index contributed by atoms with van der Waals surface area (Å²) in [5.41, 5.74) is 1.33. The molecule has 1 aliphatic heterocycles. The van der Waals surface area contributed by atoms with Crippen molar-refractivity contribution in [1.29, 1.82) is 0 Å². The van der Waals surface area contributed by atoms with Gasteiger partial charge in [0.1, 0.15) is 0 Å². The smallest absolute Gasteiger partial charge is 0.0714 e. The molecule has 0 aromatic heterocycles. The first-order valence-corrected chi connectivity index (χ1v) is 5.61. The summed E-state index contributed by atoms with van der Waals surface area (Å²) < 4.78 is 6.50. The summed E-state index contributed by atoms with van der Waals surface area (Å²) in [7, 11) is 1.77. The van der Waals surface area contributed by atoms with Crippen molar-refractivity contribution < 1.29 is 4.74 Å². The Hall–Kier alpha value is -0.380. The first kappa shape index (κ1) is 10.1. The first-order valence-electron chi connectivity index (χ1n) is 4.82. The van der Waals surface area contributed by atoms with E-state index < -0.39 is 0 Å². The predicted molar refractivity (Wildman–Crippen MR) is 60.3 cm³/mol. The van der Waals surface area contributed by atoms with Crippen molar-refractivity contribution in [3.8, 4) is 0 Å². The number of methoxy groups -OCH3 is 1. The molecule has 2 atom stereocenters. The molecular formula is C11H14BrNO. The van der Waals surface area contributed by atoms with Gasteiger partial charge in [0.25, 0.3) is 0 Å². The van der Waals surface area contributed by atoms with E-state index in [0.717, 1.165) is 13.0 Å². The van der Waals surface area contributed by atoms with Gasteiger partial charge in [0.15, 0.2) is 0 Å². The fraction of sp³-hybridized carbons (Fsp3) is 0.455. The van der Waals surface area contributed by atoms with Gasteiger partial charge in [-0.15, -0.1) is 0 Å². The zero-order valence-corrected chi connectivity index (χ0v) is 9.75. The minimum absolute atomic E-state index is 0.354. The molecule has 2 unspecified atom stereocenters. The molecule has 1 aliphatic rings. The third-order valence-electron chi connectivity index (χ3n) is 2.70. The van der Waals surface area contributed by atoms with Crippen LogP contribution in [0.3, 0.4) is 0 Å². The van der Waals surface area contributed by atoms with Crippen molar-refractivity contribution >= 4 is 15.9 Å². The van der Waals surface area contributed by atoms with Crippen LogP contribution in [0.1, 0.15) is 18.0 Å². The molecule has 14 heavy (non-hydrogen) atoms. The molecule has 1 aromatic rings. The molecule has 0 aliphatic carbocycles.